The molecule has 0 saturated carbocycles. The summed E-state index contributed by atoms with van der Waals surface area (Å²) in [6.07, 6.45) is 1.20. The van der Waals surface area contributed by atoms with Crippen molar-refractivity contribution in [3.8, 4) is 0 Å². The third kappa shape index (κ3) is 2.78. The van der Waals surface area contributed by atoms with E-state index < -0.39 is 0 Å². The molecule has 1 N–H and O–H groups in total. The van der Waals surface area contributed by atoms with E-state index in [1.54, 1.807) is 0 Å². The zero-order chi connectivity index (χ0) is 13.8. The molecule has 0 fully saturated rings. The van der Waals surface area contributed by atoms with Crippen LogP contribution in [0.2, 0.25) is 0 Å². The van der Waals surface area contributed by atoms with Gasteiger partial charge in [-0.25, -0.2) is 0 Å². The highest BCUT2D eigenvalue weighted by Crippen LogP contribution is 2.30. The van der Waals surface area contributed by atoms with Crippen molar-refractivity contribution >= 4 is 39.4 Å². The van der Waals surface area contributed by atoms with Gasteiger partial charge in [0.1, 0.15) is 11.2 Å². The van der Waals surface area contributed by atoms with Gasteiger partial charge in [0.2, 0.25) is 0 Å². The Morgan fingerprint density at radius 1 is 1.05 bits per heavy atom. The lowest BCUT2D eigenvalue weighted by Crippen LogP contribution is -2.02. The van der Waals surface area contributed by atoms with Gasteiger partial charge < -0.3 is 9.73 Å². The van der Waals surface area contributed by atoms with Crippen molar-refractivity contribution < 1.29 is 4.42 Å². The van der Waals surface area contributed by atoms with Gasteiger partial charge in [-0.2, -0.15) is 11.8 Å². The molecule has 0 aliphatic carbocycles. The molecule has 0 bridgehead atoms. The number of benzene rings is 2. The topological polar surface area (TPSA) is 25.2 Å². The molecule has 0 amide bonds. The molecule has 1 heterocycles. The SMILES string of the molecule is CCSCCCNc1ccc2oc3ccccc3c2c1. The van der Waals surface area contributed by atoms with Crippen LogP contribution in [0.3, 0.4) is 0 Å². The summed E-state index contributed by atoms with van der Waals surface area (Å²) in [5.41, 5.74) is 3.09. The quantitative estimate of drug-likeness (QED) is 0.635. The van der Waals surface area contributed by atoms with Gasteiger partial charge >= 0.3 is 0 Å². The average molecular weight is 285 g/mol. The maximum atomic E-state index is 5.83. The molecule has 1 aromatic heterocycles. The minimum absolute atomic E-state index is 0.957. The van der Waals surface area contributed by atoms with Gasteiger partial charge in [0.15, 0.2) is 0 Å². The molecule has 0 radical (unpaired) electrons. The van der Waals surface area contributed by atoms with Gasteiger partial charge in [0.25, 0.3) is 0 Å². The molecule has 2 aromatic carbocycles. The molecule has 0 spiro atoms. The maximum Gasteiger partial charge on any atom is 0.135 e. The molecule has 0 saturated heterocycles. The predicted molar refractivity (Wildman–Crippen MR) is 89.8 cm³/mol. The fraction of sp³-hybridized carbons (Fsp3) is 0.294. The highest BCUT2D eigenvalue weighted by atomic mass is 32.2. The molecule has 104 valence electrons. The number of fused-ring (bicyclic) bond motifs is 3. The molecule has 3 aromatic rings. The van der Waals surface area contributed by atoms with Crippen molar-refractivity contribution in [3.63, 3.8) is 0 Å². The van der Waals surface area contributed by atoms with E-state index >= 15 is 0 Å². The number of anilines is 1. The average Bonchev–Trinajstić information content (AvgIpc) is 2.85. The van der Waals surface area contributed by atoms with Gasteiger partial charge in [-0.3, -0.25) is 0 Å². The molecule has 20 heavy (non-hydrogen) atoms. The van der Waals surface area contributed by atoms with Gasteiger partial charge in [-0.05, 0) is 42.2 Å². The second kappa shape index (κ2) is 6.23. The van der Waals surface area contributed by atoms with E-state index in [0.29, 0.717) is 0 Å². The van der Waals surface area contributed by atoms with Crippen LogP contribution in [0.5, 0.6) is 0 Å². The molecule has 0 atom stereocenters. The van der Waals surface area contributed by atoms with Crippen molar-refractivity contribution in [2.45, 2.75) is 13.3 Å². The Balaban J connectivity index is 1.77. The van der Waals surface area contributed by atoms with Crippen LogP contribution in [0, 0.1) is 0 Å². The van der Waals surface area contributed by atoms with Crippen molar-refractivity contribution in [2.75, 3.05) is 23.4 Å². The number of rotatable bonds is 6. The van der Waals surface area contributed by atoms with Crippen LogP contribution >= 0.6 is 11.8 Å². The van der Waals surface area contributed by atoms with E-state index in [9.17, 15) is 0 Å². The molecule has 3 rings (SSSR count). The Labute approximate surface area is 123 Å². The molecule has 3 heteroatoms. The van der Waals surface area contributed by atoms with E-state index in [2.05, 4.69) is 42.6 Å². The molecular weight excluding hydrogens is 266 g/mol. The molecule has 0 unspecified atom stereocenters. The summed E-state index contributed by atoms with van der Waals surface area (Å²) in [4.78, 5) is 0. The highest BCUT2D eigenvalue weighted by molar-refractivity contribution is 7.99. The number of thioether (sulfide) groups is 1. The summed E-state index contributed by atoms with van der Waals surface area (Å²) in [7, 11) is 0. The first kappa shape index (κ1) is 13.4. The second-order valence-corrected chi connectivity index (χ2v) is 6.18. The first-order valence-corrected chi connectivity index (χ1v) is 8.27. The summed E-state index contributed by atoms with van der Waals surface area (Å²) in [5.74, 6) is 2.42. The van der Waals surface area contributed by atoms with E-state index in [0.717, 1.165) is 17.7 Å². The summed E-state index contributed by atoms with van der Waals surface area (Å²) in [5, 5.41) is 5.87. The summed E-state index contributed by atoms with van der Waals surface area (Å²) < 4.78 is 5.83. The molecule has 0 aliphatic rings. The summed E-state index contributed by atoms with van der Waals surface area (Å²) in [6, 6.07) is 14.5. The van der Waals surface area contributed by atoms with Gasteiger partial charge in [-0.1, -0.05) is 25.1 Å². The van der Waals surface area contributed by atoms with E-state index in [1.807, 2.05) is 23.9 Å². The lowest BCUT2D eigenvalue weighted by atomic mass is 10.1. The first-order chi connectivity index (χ1) is 9.88. The number of nitrogens with one attached hydrogen (secondary N) is 1. The van der Waals surface area contributed by atoms with Crippen LogP contribution in [-0.2, 0) is 0 Å². The zero-order valence-corrected chi connectivity index (χ0v) is 12.5. The number of furan rings is 1. The Bertz CT molecular complexity index is 704. The maximum absolute atomic E-state index is 5.83. The van der Waals surface area contributed by atoms with E-state index in [4.69, 9.17) is 4.42 Å². The van der Waals surface area contributed by atoms with Crippen LogP contribution < -0.4 is 5.32 Å². The molecule has 0 aliphatic heterocycles. The van der Waals surface area contributed by atoms with Crippen LogP contribution in [-0.4, -0.2) is 18.1 Å². The minimum atomic E-state index is 0.957. The van der Waals surface area contributed by atoms with Crippen LogP contribution in [0.25, 0.3) is 21.9 Å². The third-order valence-corrected chi connectivity index (χ3v) is 4.36. The largest absolute Gasteiger partial charge is 0.456 e. The minimum Gasteiger partial charge on any atom is -0.456 e. The fourth-order valence-electron chi connectivity index (χ4n) is 2.39. The van der Waals surface area contributed by atoms with Crippen molar-refractivity contribution in [3.05, 3.63) is 42.5 Å². The lowest BCUT2D eigenvalue weighted by Gasteiger charge is -2.05. The Morgan fingerprint density at radius 2 is 1.90 bits per heavy atom. The van der Waals surface area contributed by atoms with Crippen molar-refractivity contribution in [1.29, 1.82) is 0 Å². The summed E-state index contributed by atoms with van der Waals surface area (Å²) >= 11 is 1.99. The predicted octanol–water partition coefficient (Wildman–Crippen LogP) is 5.14. The fourth-order valence-corrected chi connectivity index (χ4v) is 3.02. The second-order valence-electron chi connectivity index (χ2n) is 4.79. The van der Waals surface area contributed by atoms with Crippen LogP contribution in [0.1, 0.15) is 13.3 Å². The van der Waals surface area contributed by atoms with Crippen molar-refractivity contribution in [2.24, 2.45) is 0 Å². The normalized spacial score (nSPS) is 11.2. The van der Waals surface area contributed by atoms with Crippen molar-refractivity contribution in [1.82, 2.24) is 0 Å². The summed E-state index contributed by atoms with van der Waals surface area (Å²) in [6.45, 7) is 3.23. The van der Waals surface area contributed by atoms with E-state index in [-0.39, 0.29) is 0 Å². The lowest BCUT2D eigenvalue weighted by molar-refractivity contribution is 0.669. The Morgan fingerprint density at radius 3 is 2.80 bits per heavy atom. The first-order valence-electron chi connectivity index (χ1n) is 7.11. The number of hydrogen-bond donors (Lipinski definition) is 1. The highest BCUT2D eigenvalue weighted by Gasteiger charge is 2.06. The van der Waals surface area contributed by atoms with Crippen LogP contribution in [0.4, 0.5) is 5.69 Å². The van der Waals surface area contributed by atoms with E-state index in [1.165, 1.54) is 34.4 Å². The number of para-hydroxylation sites is 1. The zero-order valence-electron chi connectivity index (χ0n) is 11.7. The monoisotopic (exact) mass is 285 g/mol. The van der Waals surface area contributed by atoms with Gasteiger partial charge in [-0.15, -0.1) is 0 Å². The molecular formula is C17H19NOS. The number of hydrogen-bond acceptors (Lipinski definition) is 3. The standard InChI is InChI=1S/C17H19NOS/c1-2-20-11-5-10-18-13-8-9-17-15(12-13)14-6-3-4-7-16(14)19-17/h3-4,6-9,12,18H,2,5,10-11H2,1H3. The Kier molecular flexibility index (Phi) is 4.16. The Hall–Kier alpha value is -1.61. The van der Waals surface area contributed by atoms with Gasteiger partial charge in [0.05, 0.1) is 0 Å². The molecule has 2 nitrogen and oxygen atoms in total. The third-order valence-electron chi connectivity index (χ3n) is 3.38. The van der Waals surface area contributed by atoms with Crippen LogP contribution in [0.15, 0.2) is 46.9 Å². The van der Waals surface area contributed by atoms with Gasteiger partial charge in [0, 0.05) is 23.0 Å². The smallest absolute Gasteiger partial charge is 0.135 e.